The lowest BCUT2D eigenvalue weighted by Crippen LogP contribution is -2.04. The Morgan fingerprint density at radius 1 is 0.920 bits per heavy atom. The zero-order valence-corrected chi connectivity index (χ0v) is 14.0. The Balaban J connectivity index is 2.00. The average molecular weight is 334 g/mol. The third-order valence-electron chi connectivity index (χ3n) is 4.27. The molecule has 0 radical (unpaired) electrons. The van der Waals surface area contributed by atoms with Crippen molar-refractivity contribution in [1.29, 1.82) is 0 Å². The molecule has 4 nitrogen and oxygen atoms in total. The molecule has 2 aromatic carbocycles. The standard InChI is InChI=1S/C21H18O4/c1-4-15-18-11-13(24-20(22)5-2)7-9-16(18)17-10-8-14(12-19(15)17)25-21(23)6-3/h5-12,15H,2-4H2,1H3. The van der Waals surface area contributed by atoms with E-state index in [0.717, 1.165) is 40.8 Å². The first kappa shape index (κ1) is 16.7. The van der Waals surface area contributed by atoms with Crippen LogP contribution < -0.4 is 9.47 Å². The minimum atomic E-state index is -0.484. The van der Waals surface area contributed by atoms with E-state index in [4.69, 9.17) is 9.47 Å². The summed E-state index contributed by atoms with van der Waals surface area (Å²) in [7, 11) is 0. The maximum absolute atomic E-state index is 11.4. The Kier molecular flexibility index (Phi) is 4.52. The number of fused-ring (bicyclic) bond motifs is 3. The number of ether oxygens (including phenoxy) is 2. The van der Waals surface area contributed by atoms with Gasteiger partial charge in [-0.1, -0.05) is 32.2 Å². The molecule has 4 heteroatoms. The molecule has 0 heterocycles. The number of carbonyl (C=O) groups is 2. The van der Waals surface area contributed by atoms with Crippen LogP contribution in [0.4, 0.5) is 0 Å². The fourth-order valence-corrected chi connectivity index (χ4v) is 3.20. The molecule has 0 spiro atoms. The van der Waals surface area contributed by atoms with Crippen LogP contribution in [0.25, 0.3) is 11.1 Å². The first-order chi connectivity index (χ1) is 12.1. The molecular weight excluding hydrogens is 316 g/mol. The topological polar surface area (TPSA) is 52.6 Å². The summed E-state index contributed by atoms with van der Waals surface area (Å²) in [6.45, 7) is 8.91. The number of benzene rings is 2. The highest BCUT2D eigenvalue weighted by Crippen LogP contribution is 2.48. The largest absolute Gasteiger partial charge is 0.423 e. The van der Waals surface area contributed by atoms with Crippen LogP contribution in [0.2, 0.25) is 0 Å². The second kappa shape index (κ2) is 6.77. The van der Waals surface area contributed by atoms with E-state index in [1.165, 1.54) is 0 Å². The van der Waals surface area contributed by atoms with Crippen LogP contribution in [-0.4, -0.2) is 11.9 Å². The maximum atomic E-state index is 11.4. The van der Waals surface area contributed by atoms with Crippen molar-refractivity contribution in [2.45, 2.75) is 19.3 Å². The van der Waals surface area contributed by atoms with Crippen molar-refractivity contribution < 1.29 is 19.1 Å². The molecule has 0 bridgehead atoms. The van der Waals surface area contributed by atoms with E-state index in [9.17, 15) is 9.59 Å². The van der Waals surface area contributed by atoms with Gasteiger partial charge in [0.15, 0.2) is 0 Å². The fourth-order valence-electron chi connectivity index (χ4n) is 3.20. The van der Waals surface area contributed by atoms with E-state index in [-0.39, 0.29) is 5.92 Å². The van der Waals surface area contributed by atoms with Crippen LogP contribution in [0.3, 0.4) is 0 Å². The highest BCUT2D eigenvalue weighted by atomic mass is 16.5. The van der Waals surface area contributed by atoms with E-state index < -0.39 is 11.9 Å². The number of hydrogen-bond donors (Lipinski definition) is 0. The molecule has 126 valence electrons. The summed E-state index contributed by atoms with van der Waals surface area (Å²) in [4.78, 5) is 22.9. The minimum Gasteiger partial charge on any atom is -0.423 e. The number of rotatable bonds is 5. The predicted molar refractivity (Wildman–Crippen MR) is 95.7 cm³/mol. The van der Waals surface area contributed by atoms with Gasteiger partial charge in [-0.25, -0.2) is 9.59 Å². The van der Waals surface area contributed by atoms with E-state index in [2.05, 4.69) is 20.1 Å². The molecule has 3 rings (SSSR count). The lowest BCUT2D eigenvalue weighted by atomic mass is 9.94. The van der Waals surface area contributed by atoms with E-state index in [1.54, 1.807) is 12.1 Å². The zero-order valence-electron chi connectivity index (χ0n) is 14.0. The van der Waals surface area contributed by atoms with Gasteiger partial charge in [0.1, 0.15) is 11.5 Å². The van der Waals surface area contributed by atoms with Crippen LogP contribution in [0.5, 0.6) is 11.5 Å². The van der Waals surface area contributed by atoms with Gasteiger partial charge >= 0.3 is 11.9 Å². The quantitative estimate of drug-likeness (QED) is 0.462. The van der Waals surface area contributed by atoms with E-state index in [0.29, 0.717) is 11.5 Å². The average Bonchev–Trinajstić information content (AvgIpc) is 2.93. The van der Waals surface area contributed by atoms with Gasteiger partial charge in [0.25, 0.3) is 0 Å². The molecule has 0 saturated heterocycles. The molecule has 0 N–H and O–H groups in total. The second-order valence-electron chi connectivity index (χ2n) is 5.71. The van der Waals surface area contributed by atoms with Crippen molar-refractivity contribution in [3.63, 3.8) is 0 Å². The van der Waals surface area contributed by atoms with E-state index >= 15 is 0 Å². The second-order valence-corrected chi connectivity index (χ2v) is 5.71. The maximum Gasteiger partial charge on any atom is 0.335 e. The fraction of sp³-hybridized carbons (Fsp3) is 0.143. The van der Waals surface area contributed by atoms with Crippen molar-refractivity contribution >= 4 is 11.9 Å². The molecular formula is C21H18O4. The molecule has 0 saturated carbocycles. The smallest absolute Gasteiger partial charge is 0.335 e. The Bertz CT molecular complexity index is 808. The van der Waals surface area contributed by atoms with Gasteiger partial charge in [-0.2, -0.15) is 0 Å². The third-order valence-corrected chi connectivity index (χ3v) is 4.27. The van der Waals surface area contributed by atoms with Crippen LogP contribution in [-0.2, 0) is 9.59 Å². The monoisotopic (exact) mass is 334 g/mol. The summed E-state index contributed by atoms with van der Waals surface area (Å²) in [6, 6.07) is 11.2. The molecule has 2 aromatic rings. The van der Waals surface area contributed by atoms with Gasteiger partial charge in [0.05, 0.1) is 0 Å². The number of carbonyl (C=O) groups excluding carboxylic acids is 2. The Hall–Kier alpha value is -3.14. The minimum absolute atomic E-state index is 0.148. The van der Waals surface area contributed by atoms with Crippen LogP contribution in [0, 0.1) is 0 Å². The van der Waals surface area contributed by atoms with Crippen molar-refractivity contribution in [2.75, 3.05) is 0 Å². The van der Waals surface area contributed by atoms with Crippen molar-refractivity contribution in [2.24, 2.45) is 0 Å². The summed E-state index contributed by atoms with van der Waals surface area (Å²) in [6.07, 6.45) is 3.15. The molecule has 25 heavy (non-hydrogen) atoms. The third kappa shape index (κ3) is 3.11. The molecule has 0 atom stereocenters. The molecule has 1 aliphatic rings. The van der Waals surface area contributed by atoms with Crippen LogP contribution >= 0.6 is 0 Å². The SMILES string of the molecule is C=CC(=O)Oc1ccc2c(c1)C(CC)c1cc(OC(=O)C=C)ccc1-2. The van der Waals surface area contributed by atoms with Crippen molar-refractivity contribution in [3.8, 4) is 22.6 Å². The zero-order chi connectivity index (χ0) is 18.0. The molecule has 0 amide bonds. The number of esters is 2. The lowest BCUT2D eigenvalue weighted by Gasteiger charge is -2.12. The molecule has 0 unspecified atom stereocenters. The lowest BCUT2D eigenvalue weighted by molar-refractivity contribution is -0.129. The summed E-state index contributed by atoms with van der Waals surface area (Å²) in [5.41, 5.74) is 4.39. The molecule has 1 aliphatic carbocycles. The summed E-state index contributed by atoms with van der Waals surface area (Å²) >= 11 is 0. The Morgan fingerprint density at radius 2 is 1.36 bits per heavy atom. The Labute approximate surface area is 146 Å². The van der Waals surface area contributed by atoms with Gasteiger partial charge < -0.3 is 9.47 Å². The normalized spacial score (nSPS) is 12.0. The van der Waals surface area contributed by atoms with Crippen LogP contribution in [0.15, 0.2) is 61.7 Å². The highest BCUT2D eigenvalue weighted by molar-refractivity contribution is 5.86. The van der Waals surface area contributed by atoms with Gasteiger partial charge in [-0.15, -0.1) is 0 Å². The predicted octanol–water partition coefficient (Wildman–Crippen LogP) is 4.39. The summed E-state index contributed by atoms with van der Waals surface area (Å²) in [5.74, 6) is 0.167. The van der Waals surface area contributed by atoms with Crippen molar-refractivity contribution in [1.82, 2.24) is 0 Å². The molecule has 0 aliphatic heterocycles. The summed E-state index contributed by atoms with van der Waals surface area (Å²) in [5, 5.41) is 0. The highest BCUT2D eigenvalue weighted by Gasteiger charge is 2.28. The van der Waals surface area contributed by atoms with Crippen LogP contribution in [0.1, 0.15) is 30.4 Å². The van der Waals surface area contributed by atoms with E-state index in [1.807, 2.05) is 24.3 Å². The first-order valence-corrected chi connectivity index (χ1v) is 8.04. The van der Waals surface area contributed by atoms with Gasteiger partial charge in [0.2, 0.25) is 0 Å². The molecule has 0 fully saturated rings. The molecule has 0 aromatic heterocycles. The first-order valence-electron chi connectivity index (χ1n) is 8.04. The van der Waals surface area contributed by atoms with Gasteiger partial charge in [-0.3, -0.25) is 0 Å². The number of hydrogen-bond acceptors (Lipinski definition) is 4. The Morgan fingerprint density at radius 3 is 1.72 bits per heavy atom. The van der Waals surface area contributed by atoms with Crippen molar-refractivity contribution in [3.05, 3.63) is 72.8 Å². The van der Waals surface area contributed by atoms with Gasteiger partial charge in [0, 0.05) is 18.1 Å². The summed E-state index contributed by atoms with van der Waals surface area (Å²) < 4.78 is 10.5. The van der Waals surface area contributed by atoms with Gasteiger partial charge in [-0.05, 0) is 52.9 Å².